The van der Waals surface area contributed by atoms with Crippen LogP contribution in [0.1, 0.15) is 73.2 Å². The van der Waals surface area contributed by atoms with Crippen molar-refractivity contribution in [2.45, 2.75) is 86.2 Å². The molecule has 8 aromatic carbocycles. The van der Waals surface area contributed by atoms with Crippen LogP contribution in [0.25, 0.3) is 22.3 Å². The zero-order chi connectivity index (χ0) is 47.7. The van der Waals surface area contributed by atoms with E-state index in [0.717, 1.165) is 77.9 Å². The van der Waals surface area contributed by atoms with Gasteiger partial charge in [-0.15, -0.1) is 24.3 Å². The topological polar surface area (TPSA) is 58.9 Å². The van der Waals surface area contributed by atoms with Crippen molar-refractivity contribution in [2.24, 2.45) is 0 Å². The molecular formula is C63H66O4Zr. The summed E-state index contributed by atoms with van der Waals surface area (Å²) in [7, 11) is 0. The number of hydrogen-bond acceptors (Lipinski definition) is 4. The molecule has 0 amide bonds. The van der Waals surface area contributed by atoms with Crippen LogP contribution < -0.4 is 0 Å². The third-order valence-electron chi connectivity index (χ3n) is 11.9. The van der Waals surface area contributed by atoms with Gasteiger partial charge in [0, 0.05) is 30.4 Å². The second-order valence-corrected chi connectivity index (χ2v) is 17.6. The standard InChI is InChI=1S/C49H52O4.2C7H7.Zr/c1-32-23-34(3)46(35(4)24-32)44-21-13-19-40(48(44)50)27-42(52-30-38-15-9-7-10-16-38)29-43(53-31-39-17-11-8-12-18-39)28-41-20-14-22-45(49(41)51)47-36(5)25-33(2)26-37(47)6;2*1-7-5-3-2-4-6-7;/h7-26,42-43,50-51H,27-31H2,1-6H3;2*2-6H,1H2;/q;2*-1;+2/t42-,43-;;;/m1.../s1. The van der Waals surface area contributed by atoms with E-state index in [1.54, 1.807) is 0 Å². The summed E-state index contributed by atoms with van der Waals surface area (Å²) in [5.41, 5.74) is 16.7. The van der Waals surface area contributed by atoms with Gasteiger partial charge < -0.3 is 19.7 Å². The smallest absolute Gasteiger partial charge is 0.507 e. The largest absolute Gasteiger partial charge is 2.00 e. The Kier molecular flexibility index (Phi) is 20.6. The molecule has 0 saturated carbocycles. The van der Waals surface area contributed by atoms with Crippen molar-refractivity contribution in [3.8, 4) is 33.8 Å². The van der Waals surface area contributed by atoms with Gasteiger partial charge in [-0.05, 0) is 97.2 Å². The van der Waals surface area contributed by atoms with Crippen molar-refractivity contribution in [3.63, 3.8) is 0 Å². The van der Waals surface area contributed by atoms with Crippen LogP contribution in [0.15, 0.2) is 182 Å². The second kappa shape index (κ2) is 26.4. The fraction of sp³-hybridized carbons (Fsp3) is 0.206. The van der Waals surface area contributed by atoms with E-state index >= 15 is 0 Å². The average molecular weight is 978 g/mol. The molecule has 0 radical (unpaired) electrons. The van der Waals surface area contributed by atoms with Crippen molar-refractivity contribution in [1.82, 2.24) is 0 Å². The third kappa shape index (κ3) is 15.5. The van der Waals surface area contributed by atoms with Gasteiger partial charge in [0.15, 0.2) is 0 Å². The van der Waals surface area contributed by atoms with E-state index in [4.69, 9.17) is 9.47 Å². The summed E-state index contributed by atoms with van der Waals surface area (Å²) in [5.74, 6) is 0.568. The summed E-state index contributed by atoms with van der Waals surface area (Å²) in [6.07, 6.45) is 0.969. The van der Waals surface area contributed by atoms with Crippen LogP contribution in [0.5, 0.6) is 11.5 Å². The second-order valence-electron chi connectivity index (χ2n) is 17.6. The minimum absolute atomic E-state index is 0. The van der Waals surface area contributed by atoms with E-state index in [9.17, 15) is 10.2 Å². The summed E-state index contributed by atoms with van der Waals surface area (Å²) in [5, 5.41) is 23.7. The van der Waals surface area contributed by atoms with Gasteiger partial charge in [0.25, 0.3) is 0 Å². The molecule has 0 fully saturated rings. The number of hydrogen-bond donors (Lipinski definition) is 2. The monoisotopic (exact) mass is 976 g/mol. The maximum absolute atomic E-state index is 11.8. The van der Waals surface area contributed by atoms with Gasteiger partial charge in [0.1, 0.15) is 11.5 Å². The molecule has 5 heteroatoms. The molecule has 0 heterocycles. The fourth-order valence-corrected chi connectivity index (χ4v) is 8.86. The number of aromatic hydroxyl groups is 2. The van der Waals surface area contributed by atoms with Crippen LogP contribution in [-0.4, -0.2) is 22.4 Å². The zero-order valence-electron chi connectivity index (χ0n) is 40.6. The van der Waals surface area contributed by atoms with E-state index in [-0.39, 0.29) is 49.9 Å². The van der Waals surface area contributed by atoms with Gasteiger partial charge in [-0.1, -0.05) is 145 Å². The number of ether oxygens (including phenoxy) is 2. The van der Waals surface area contributed by atoms with Crippen LogP contribution in [0, 0.1) is 55.4 Å². The summed E-state index contributed by atoms with van der Waals surface area (Å²) in [6.45, 7) is 20.9. The van der Waals surface area contributed by atoms with E-state index in [1.807, 2.05) is 133 Å². The quantitative estimate of drug-likeness (QED) is 0.107. The summed E-state index contributed by atoms with van der Waals surface area (Å²) >= 11 is 0. The predicted molar refractivity (Wildman–Crippen MR) is 279 cm³/mol. The van der Waals surface area contributed by atoms with Gasteiger partial charge in [-0.3, -0.25) is 0 Å². The number of aryl methyl sites for hydroxylation is 6. The molecule has 0 spiro atoms. The van der Waals surface area contributed by atoms with Crippen molar-refractivity contribution in [3.05, 3.63) is 263 Å². The molecule has 346 valence electrons. The average Bonchev–Trinajstić information content (AvgIpc) is 3.30. The van der Waals surface area contributed by atoms with Crippen molar-refractivity contribution < 1.29 is 45.9 Å². The van der Waals surface area contributed by atoms with E-state index in [1.165, 1.54) is 11.1 Å². The predicted octanol–water partition coefficient (Wildman–Crippen LogP) is 15.4. The Morgan fingerprint density at radius 3 is 1.01 bits per heavy atom. The third-order valence-corrected chi connectivity index (χ3v) is 11.9. The molecule has 0 unspecified atom stereocenters. The molecule has 0 aliphatic rings. The Bertz CT molecular complexity index is 2530. The van der Waals surface area contributed by atoms with Crippen LogP contribution in [0.4, 0.5) is 0 Å². The number of benzene rings is 8. The van der Waals surface area contributed by atoms with Gasteiger partial charge in [-0.25, -0.2) is 0 Å². The van der Waals surface area contributed by atoms with Gasteiger partial charge in [-0.2, -0.15) is 49.2 Å². The first-order chi connectivity index (χ1) is 32.4. The van der Waals surface area contributed by atoms with Crippen LogP contribution >= 0.6 is 0 Å². The first kappa shape index (κ1) is 52.9. The van der Waals surface area contributed by atoms with Crippen LogP contribution in [0.2, 0.25) is 0 Å². The summed E-state index contributed by atoms with van der Waals surface area (Å²) in [6, 6.07) is 60.9. The van der Waals surface area contributed by atoms with E-state index in [2.05, 4.69) is 104 Å². The molecule has 4 nitrogen and oxygen atoms in total. The molecule has 68 heavy (non-hydrogen) atoms. The van der Waals surface area contributed by atoms with Gasteiger partial charge in [0.2, 0.25) is 0 Å². The SMILES string of the molecule is Cc1cc(C)c(-c2cccc(C[C@H](C[C@@H](Cc3cccc(-c4c(C)cc(C)cc4C)c3O)OCc3ccccc3)OCc3ccccc3)c2O)c(C)c1.[CH2-]c1ccccc1.[CH2-]c1ccccc1.[Zr+2]. The Morgan fingerprint density at radius 2 is 0.721 bits per heavy atom. The minimum atomic E-state index is -0.288. The number of para-hydroxylation sites is 2. The van der Waals surface area contributed by atoms with Crippen molar-refractivity contribution in [2.75, 3.05) is 0 Å². The van der Waals surface area contributed by atoms with Crippen molar-refractivity contribution in [1.29, 1.82) is 0 Å². The van der Waals surface area contributed by atoms with E-state index in [0.29, 0.717) is 32.5 Å². The summed E-state index contributed by atoms with van der Waals surface area (Å²) < 4.78 is 13.5. The summed E-state index contributed by atoms with van der Waals surface area (Å²) in [4.78, 5) is 0. The molecule has 0 aliphatic carbocycles. The Labute approximate surface area is 425 Å². The molecule has 2 N–H and O–H groups in total. The molecular weight excluding hydrogens is 912 g/mol. The molecule has 0 aromatic heterocycles. The fourth-order valence-electron chi connectivity index (χ4n) is 8.86. The minimum Gasteiger partial charge on any atom is -0.507 e. The van der Waals surface area contributed by atoms with E-state index < -0.39 is 0 Å². The molecule has 8 aromatic rings. The van der Waals surface area contributed by atoms with Gasteiger partial charge in [0.05, 0.1) is 25.4 Å². The van der Waals surface area contributed by atoms with Gasteiger partial charge >= 0.3 is 26.2 Å². The van der Waals surface area contributed by atoms with Crippen molar-refractivity contribution >= 4 is 0 Å². The zero-order valence-corrected chi connectivity index (χ0v) is 43.1. The maximum atomic E-state index is 11.8. The number of phenolic OH excluding ortho intramolecular Hbond substituents is 2. The first-order valence-electron chi connectivity index (χ1n) is 23.2. The van der Waals surface area contributed by atoms with Crippen LogP contribution in [0.3, 0.4) is 0 Å². The van der Waals surface area contributed by atoms with Crippen LogP contribution in [-0.2, 0) is 61.7 Å². The maximum Gasteiger partial charge on any atom is 2.00 e. The Balaban J connectivity index is 0.000000492. The number of phenols is 2. The molecule has 0 saturated heterocycles. The first-order valence-corrected chi connectivity index (χ1v) is 23.2. The molecule has 0 aliphatic heterocycles. The number of rotatable bonds is 14. The molecule has 8 rings (SSSR count). The molecule has 2 atom stereocenters. The Morgan fingerprint density at radius 1 is 0.412 bits per heavy atom. The Hall–Kier alpha value is -6.10. The normalized spacial score (nSPS) is 11.5. The molecule has 0 bridgehead atoms.